The molecule has 1 saturated heterocycles. The summed E-state index contributed by atoms with van der Waals surface area (Å²) < 4.78 is 15.4. The molecule has 1 fully saturated rings. The zero-order valence-corrected chi connectivity index (χ0v) is 13.6. The van der Waals surface area contributed by atoms with E-state index in [0.717, 1.165) is 18.4 Å². The fourth-order valence-electron chi connectivity index (χ4n) is 2.63. The van der Waals surface area contributed by atoms with Gasteiger partial charge in [0.25, 0.3) is 0 Å². The van der Waals surface area contributed by atoms with Gasteiger partial charge in [-0.2, -0.15) is 4.98 Å². The maximum Gasteiger partial charge on any atom is 0.409 e. The van der Waals surface area contributed by atoms with Crippen LogP contribution in [0.5, 0.6) is 0 Å². The summed E-state index contributed by atoms with van der Waals surface area (Å²) in [7, 11) is 1.57. The van der Waals surface area contributed by atoms with E-state index in [0.29, 0.717) is 31.4 Å². The summed E-state index contributed by atoms with van der Waals surface area (Å²) in [5.74, 6) is 1.35. The number of piperidine rings is 1. The van der Waals surface area contributed by atoms with E-state index in [1.54, 1.807) is 24.4 Å². The van der Waals surface area contributed by atoms with Crippen molar-refractivity contribution in [1.82, 2.24) is 20.0 Å². The highest BCUT2D eigenvalue weighted by atomic mass is 16.6. The highest BCUT2D eigenvalue weighted by Crippen LogP contribution is 2.28. The second-order valence-corrected chi connectivity index (χ2v) is 5.56. The summed E-state index contributed by atoms with van der Waals surface area (Å²) in [4.78, 5) is 22.1. The minimum atomic E-state index is -0.298. The third-order valence-electron chi connectivity index (χ3n) is 4.00. The van der Waals surface area contributed by atoms with E-state index in [1.807, 2.05) is 12.1 Å². The number of likely N-dealkylation sites (tertiary alicyclic amines) is 1. The Morgan fingerprint density at radius 3 is 2.75 bits per heavy atom. The van der Waals surface area contributed by atoms with Crippen LogP contribution in [0.2, 0.25) is 0 Å². The molecule has 1 aliphatic rings. The third-order valence-corrected chi connectivity index (χ3v) is 4.00. The lowest BCUT2D eigenvalue weighted by Gasteiger charge is -2.29. The predicted molar refractivity (Wildman–Crippen MR) is 84.3 cm³/mol. The predicted octanol–water partition coefficient (Wildman–Crippen LogP) is 2.09. The normalized spacial score (nSPS) is 15.5. The Kier molecular flexibility index (Phi) is 5.37. The molecule has 0 N–H and O–H groups in total. The lowest BCUT2D eigenvalue weighted by atomic mass is 9.97. The van der Waals surface area contributed by atoms with E-state index >= 15 is 0 Å². The number of aromatic nitrogens is 3. The molecule has 0 bridgehead atoms. The lowest BCUT2D eigenvalue weighted by Crippen LogP contribution is -2.38. The Morgan fingerprint density at radius 2 is 2.04 bits per heavy atom. The van der Waals surface area contributed by atoms with Gasteiger partial charge in [0.1, 0.15) is 6.61 Å². The number of carbonyl (C=O) groups excluding carboxylic acids is 1. The molecule has 2 aromatic rings. The van der Waals surface area contributed by atoms with E-state index in [4.69, 9.17) is 14.0 Å². The van der Waals surface area contributed by atoms with Crippen LogP contribution < -0.4 is 0 Å². The molecule has 3 rings (SSSR count). The van der Waals surface area contributed by atoms with Gasteiger partial charge in [0.15, 0.2) is 0 Å². The van der Waals surface area contributed by atoms with Gasteiger partial charge in [-0.15, -0.1) is 0 Å². The molecule has 1 aliphatic heterocycles. The molecule has 0 aliphatic carbocycles. The number of rotatable bonds is 5. The van der Waals surface area contributed by atoms with Crippen molar-refractivity contribution < 1.29 is 18.8 Å². The Balaban J connectivity index is 1.54. The topological polar surface area (TPSA) is 90.6 Å². The average Bonchev–Trinajstić information content (AvgIpc) is 3.13. The number of pyridine rings is 1. The maximum absolute atomic E-state index is 11.9. The van der Waals surface area contributed by atoms with Crippen LogP contribution in [0.3, 0.4) is 0 Å². The van der Waals surface area contributed by atoms with Crippen molar-refractivity contribution in [3.63, 3.8) is 0 Å². The van der Waals surface area contributed by atoms with Crippen molar-refractivity contribution in [3.8, 4) is 11.4 Å². The summed E-state index contributed by atoms with van der Waals surface area (Å²) in [6.45, 7) is 1.91. The molecule has 128 valence electrons. The van der Waals surface area contributed by atoms with Crippen molar-refractivity contribution in [2.24, 2.45) is 0 Å². The SMILES string of the molecule is COCCOC(=O)N1CCC(c2nc(-c3ccncc3)no2)CC1. The number of hydrogen-bond acceptors (Lipinski definition) is 7. The van der Waals surface area contributed by atoms with Gasteiger partial charge in [0.05, 0.1) is 6.61 Å². The van der Waals surface area contributed by atoms with Crippen LogP contribution in [0.25, 0.3) is 11.4 Å². The third kappa shape index (κ3) is 3.88. The second-order valence-electron chi connectivity index (χ2n) is 5.56. The Bertz CT molecular complexity index is 653. The van der Waals surface area contributed by atoms with Crippen LogP contribution in [0.4, 0.5) is 4.79 Å². The molecule has 1 amide bonds. The van der Waals surface area contributed by atoms with Gasteiger partial charge < -0.3 is 18.9 Å². The van der Waals surface area contributed by atoms with Gasteiger partial charge in [-0.3, -0.25) is 4.98 Å². The summed E-state index contributed by atoms with van der Waals surface area (Å²) in [5.41, 5.74) is 0.874. The first-order valence-corrected chi connectivity index (χ1v) is 7.92. The minimum Gasteiger partial charge on any atom is -0.447 e. The van der Waals surface area contributed by atoms with Gasteiger partial charge in [0.2, 0.25) is 11.7 Å². The Labute approximate surface area is 139 Å². The molecule has 8 nitrogen and oxygen atoms in total. The largest absolute Gasteiger partial charge is 0.447 e. The zero-order valence-electron chi connectivity index (χ0n) is 13.6. The van der Waals surface area contributed by atoms with Crippen LogP contribution in [-0.2, 0) is 9.47 Å². The van der Waals surface area contributed by atoms with Crippen molar-refractivity contribution in [3.05, 3.63) is 30.4 Å². The molecule has 0 saturated carbocycles. The Hall–Kier alpha value is -2.48. The molecule has 3 heterocycles. The summed E-state index contributed by atoms with van der Waals surface area (Å²) in [6.07, 6.45) is 4.64. The van der Waals surface area contributed by atoms with Crippen LogP contribution >= 0.6 is 0 Å². The summed E-state index contributed by atoms with van der Waals surface area (Å²) in [6, 6.07) is 3.68. The van der Waals surface area contributed by atoms with Gasteiger partial charge in [-0.25, -0.2) is 4.79 Å². The lowest BCUT2D eigenvalue weighted by molar-refractivity contribution is 0.0648. The summed E-state index contributed by atoms with van der Waals surface area (Å²) in [5, 5.41) is 4.03. The van der Waals surface area contributed by atoms with Gasteiger partial charge >= 0.3 is 6.09 Å². The zero-order chi connectivity index (χ0) is 16.8. The fraction of sp³-hybridized carbons (Fsp3) is 0.500. The standard InChI is InChI=1S/C16H20N4O4/c1-22-10-11-23-16(21)20-8-4-13(5-9-20)15-18-14(19-24-15)12-2-6-17-7-3-12/h2-3,6-7,13H,4-5,8-11H2,1H3. The van der Waals surface area contributed by atoms with E-state index in [9.17, 15) is 4.79 Å². The van der Waals surface area contributed by atoms with Gasteiger partial charge in [0, 0.05) is 44.1 Å². The molecule has 24 heavy (non-hydrogen) atoms. The van der Waals surface area contributed by atoms with Crippen LogP contribution in [0.15, 0.2) is 29.0 Å². The summed E-state index contributed by atoms with van der Waals surface area (Å²) >= 11 is 0. The van der Waals surface area contributed by atoms with Crippen LogP contribution in [0, 0.1) is 0 Å². The van der Waals surface area contributed by atoms with Crippen LogP contribution in [0.1, 0.15) is 24.7 Å². The van der Waals surface area contributed by atoms with E-state index in [-0.39, 0.29) is 18.6 Å². The van der Waals surface area contributed by atoms with Crippen LogP contribution in [-0.4, -0.2) is 59.5 Å². The highest BCUT2D eigenvalue weighted by molar-refractivity contribution is 5.67. The monoisotopic (exact) mass is 332 g/mol. The maximum atomic E-state index is 11.9. The average molecular weight is 332 g/mol. The van der Waals surface area contributed by atoms with Crippen molar-refractivity contribution >= 4 is 6.09 Å². The molecule has 2 aromatic heterocycles. The number of nitrogens with zero attached hydrogens (tertiary/aromatic N) is 4. The van der Waals surface area contributed by atoms with E-state index in [1.165, 1.54) is 0 Å². The first-order valence-electron chi connectivity index (χ1n) is 7.92. The van der Waals surface area contributed by atoms with Crippen molar-refractivity contribution in [1.29, 1.82) is 0 Å². The van der Waals surface area contributed by atoms with Gasteiger partial charge in [-0.1, -0.05) is 5.16 Å². The molecule has 0 radical (unpaired) electrons. The number of methoxy groups -OCH3 is 1. The first kappa shape index (κ1) is 16.4. The van der Waals surface area contributed by atoms with Gasteiger partial charge in [-0.05, 0) is 25.0 Å². The Morgan fingerprint density at radius 1 is 1.29 bits per heavy atom. The number of ether oxygens (including phenoxy) is 2. The van der Waals surface area contributed by atoms with E-state index in [2.05, 4.69) is 15.1 Å². The second kappa shape index (κ2) is 7.87. The molecular formula is C16H20N4O4. The first-order chi connectivity index (χ1) is 11.8. The number of hydrogen-bond donors (Lipinski definition) is 0. The smallest absolute Gasteiger partial charge is 0.409 e. The molecule has 0 atom stereocenters. The fourth-order valence-corrected chi connectivity index (χ4v) is 2.63. The van der Waals surface area contributed by atoms with Crippen molar-refractivity contribution in [2.45, 2.75) is 18.8 Å². The molecule has 8 heteroatoms. The molecule has 0 unspecified atom stereocenters. The number of amides is 1. The highest BCUT2D eigenvalue weighted by Gasteiger charge is 2.28. The minimum absolute atomic E-state index is 0.163. The van der Waals surface area contributed by atoms with E-state index < -0.39 is 0 Å². The van der Waals surface area contributed by atoms with Crippen molar-refractivity contribution in [2.75, 3.05) is 33.4 Å². The quantitative estimate of drug-likeness (QED) is 0.774. The molecular weight excluding hydrogens is 312 g/mol. The molecule has 0 spiro atoms. The molecule has 0 aromatic carbocycles. The number of carbonyl (C=O) groups is 1.